The Kier molecular flexibility index (Phi) is 5.32. The molecule has 2 rings (SSSR count). The Bertz CT molecular complexity index is 403. The van der Waals surface area contributed by atoms with Crippen LogP contribution in [0, 0.1) is 5.92 Å². The monoisotopic (exact) mass is 261 g/mol. The average Bonchev–Trinajstić information content (AvgIpc) is 2.46. The topological polar surface area (TPSA) is 37.8 Å². The fraction of sp³-hybridized carbons (Fsp3) is 0.750. The molecule has 2 atom stereocenters. The smallest absolute Gasteiger partial charge is 0.131 e. The molecule has 1 aromatic heterocycles. The van der Waals surface area contributed by atoms with Gasteiger partial charge in [0.05, 0.1) is 0 Å². The number of aromatic nitrogens is 2. The van der Waals surface area contributed by atoms with Crippen LogP contribution in [0.4, 0.5) is 0 Å². The lowest BCUT2D eigenvalue weighted by molar-refractivity contribution is 0.418. The summed E-state index contributed by atoms with van der Waals surface area (Å²) in [5.74, 6) is 2.27. The van der Waals surface area contributed by atoms with E-state index < -0.39 is 0 Å². The zero-order valence-corrected chi connectivity index (χ0v) is 12.6. The minimum absolute atomic E-state index is 0.481. The maximum absolute atomic E-state index is 4.78. The maximum Gasteiger partial charge on any atom is 0.131 e. The fourth-order valence-electron chi connectivity index (χ4n) is 2.68. The normalized spacial score (nSPS) is 20.1. The van der Waals surface area contributed by atoms with Crippen LogP contribution in [-0.4, -0.2) is 23.1 Å². The highest BCUT2D eigenvalue weighted by Crippen LogP contribution is 2.25. The molecule has 0 bridgehead atoms. The number of nitrogens with one attached hydrogen (secondary N) is 1. The van der Waals surface area contributed by atoms with Crippen LogP contribution in [0.2, 0.25) is 0 Å². The summed E-state index contributed by atoms with van der Waals surface area (Å²) >= 11 is 0. The van der Waals surface area contributed by atoms with Crippen LogP contribution in [0.3, 0.4) is 0 Å². The molecule has 2 unspecified atom stereocenters. The van der Waals surface area contributed by atoms with Crippen molar-refractivity contribution in [3.05, 3.63) is 23.3 Å². The zero-order valence-electron chi connectivity index (χ0n) is 12.6. The lowest BCUT2D eigenvalue weighted by atomic mass is 9.87. The second-order valence-corrected chi connectivity index (χ2v) is 5.82. The zero-order chi connectivity index (χ0) is 13.7. The van der Waals surface area contributed by atoms with Gasteiger partial charge in [0.1, 0.15) is 5.82 Å². The number of aryl methyl sites for hydroxylation is 1. The average molecular weight is 261 g/mol. The van der Waals surface area contributed by atoms with Gasteiger partial charge in [0.2, 0.25) is 0 Å². The Morgan fingerprint density at radius 3 is 3.00 bits per heavy atom. The van der Waals surface area contributed by atoms with E-state index in [0.29, 0.717) is 5.92 Å². The largest absolute Gasteiger partial charge is 0.316 e. The van der Waals surface area contributed by atoms with Crippen LogP contribution in [0.15, 0.2) is 6.20 Å². The van der Waals surface area contributed by atoms with Crippen molar-refractivity contribution in [2.24, 2.45) is 5.92 Å². The van der Waals surface area contributed by atoms with Gasteiger partial charge in [-0.15, -0.1) is 0 Å². The van der Waals surface area contributed by atoms with Gasteiger partial charge in [0, 0.05) is 17.8 Å². The van der Waals surface area contributed by atoms with Gasteiger partial charge >= 0.3 is 0 Å². The standard InChI is InChI=1S/C16H27N3/c1-4-8-17-10-13-6-7-15-14(9-13)11-18-16(19-15)12(3)5-2/h11-13,17H,4-10H2,1-3H3. The van der Waals surface area contributed by atoms with E-state index in [1.54, 1.807) is 0 Å². The highest BCUT2D eigenvalue weighted by atomic mass is 14.9. The number of hydrogen-bond acceptors (Lipinski definition) is 3. The first-order valence-electron chi connectivity index (χ1n) is 7.80. The third-order valence-electron chi connectivity index (χ3n) is 4.18. The van der Waals surface area contributed by atoms with Crippen molar-refractivity contribution in [1.82, 2.24) is 15.3 Å². The lowest BCUT2D eigenvalue weighted by Gasteiger charge is -2.24. The highest BCUT2D eigenvalue weighted by molar-refractivity contribution is 5.22. The van der Waals surface area contributed by atoms with Crippen LogP contribution in [0.25, 0.3) is 0 Å². The van der Waals surface area contributed by atoms with Crippen LogP contribution in [0.5, 0.6) is 0 Å². The molecule has 1 N–H and O–H groups in total. The molecule has 0 saturated carbocycles. The first-order valence-corrected chi connectivity index (χ1v) is 7.80. The summed E-state index contributed by atoms with van der Waals surface area (Å²) in [7, 11) is 0. The van der Waals surface area contributed by atoms with E-state index in [-0.39, 0.29) is 0 Å². The SMILES string of the molecule is CCCNCC1CCc2nc(C(C)CC)ncc2C1. The Morgan fingerprint density at radius 2 is 2.26 bits per heavy atom. The van der Waals surface area contributed by atoms with Crippen LogP contribution < -0.4 is 5.32 Å². The Morgan fingerprint density at radius 1 is 1.42 bits per heavy atom. The number of nitrogens with zero attached hydrogens (tertiary/aromatic N) is 2. The Labute approximate surface area is 117 Å². The van der Waals surface area contributed by atoms with Crippen molar-refractivity contribution in [2.45, 2.75) is 58.8 Å². The molecule has 0 radical (unpaired) electrons. The summed E-state index contributed by atoms with van der Waals surface area (Å²) in [4.78, 5) is 9.35. The van der Waals surface area contributed by atoms with E-state index >= 15 is 0 Å². The predicted molar refractivity (Wildman–Crippen MR) is 79.4 cm³/mol. The summed E-state index contributed by atoms with van der Waals surface area (Å²) in [5.41, 5.74) is 2.68. The van der Waals surface area contributed by atoms with Crippen LogP contribution >= 0.6 is 0 Å². The van der Waals surface area contributed by atoms with E-state index in [9.17, 15) is 0 Å². The molecule has 0 saturated heterocycles. The molecule has 0 aromatic carbocycles. The summed E-state index contributed by atoms with van der Waals surface area (Å²) in [6.07, 6.45) is 7.94. The van der Waals surface area contributed by atoms with Gasteiger partial charge in [-0.1, -0.05) is 20.8 Å². The molecule has 1 heterocycles. The molecule has 0 fully saturated rings. The minimum atomic E-state index is 0.481. The maximum atomic E-state index is 4.78. The molecule has 0 spiro atoms. The molecule has 0 aliphatic heterocycles. The van der Waals surface area contributed by atoms with E-state index in [2.05, 4.69) is 37.3 Å². The number of fused-ring (bicyclic) bond motifs is 1. The first kappa shape index (κ1) is 14.4. The molecule has 1 aliphatic carbocycles. The predicted octanol–water partition coefficient (Wildman–Crippen LogP) is 3.09. The summed E-state index contributed by atoms with van der Waals surface area (Å²) in [6.45, 7) is 8.89. The van der Waals surface area contributed by atoms with E-state index in [1.807, 2.05) is 0 Å². The van der Waals surface area contributed by atoms with Gasteiger partial charge in [-0.05, 0) is 56.7 Å². The van der Waals surface area contributed by atoms with Crippen molar-refractivity contribution < 1.29 is 0 Å². The molecule has 1 aromatic rings. The van der Waals surface area contributed by atoms with Gasteiger partial charge in [0.25, 0.3) is 0 Å². The number of rotatable bonds is 6. The molecule has 106 valence electrons. The highest BCUT2D eigenvalue weighted by Gasteiger charge is 2.20. The van der Waals surface area contributed by atoms with Gasteiger partial charge in [-0.25, -0.2) is 9.97 Å². The van der Waals surface area contributed by atoms with E-state index in [4.69, 9.17) is 4.98 Å². The van der Waals surface area contributed by atoms with Gasteiger partial charge in [-0.3, -0.25) is 0 Å². The summed E-state index contributed by atoms with van der Waals surface area (Å²) in [5, 5.41) is 3.53. The summed E-state index contributed by atoms with van der Waals surface area (Å²) in [6, 6.07) is 0. The second kappa shape index (κ2) is 6.99. The minimum Gasteiger partial charge on any atom is -0.316 e. The summed E-state index contributed by atoms with van der Waals surface area (Å²) < 4.78 is 0. The molecule has 1 aliphatic rings. The second-order valence-electron chi connectivity index (χ2n) is 5.82. The Hall–Kier alpha value is -0.960. The van der Waals surface area contributed by atoms with Crippen molar-refractivity contribution in [2.75, 3.05) is 13.1 Å². The Balaban J connectivity index is 1.98. The fourth-order valence-corrected chi connectivity index (χ4v) is 2.68. The third kappa shape index (κ3) is 3.75. The van der Waals surface area contributed by atoms with Crippen LogP contribution in [0.1, 0.15) is 63.0 Å². The molecular formula is C16H27N3. The third-order valence-corrected chi connectivity index (χ3v) is 4.18. The molecule has 3 heteroatoms. The lowest BCUT2D eigenvalue weighted by Crippen LogP contribution is -2.28. The number of hydrogen-bond donors (Lipinski definition) is 1. The van der Waals surface area contributed by atoms with Gasteiger partial charge in [-0.2, -0.15) is 0 Å². The van der Waals surface area contributed by atoms with Crippen molar-refractivity contribution >= 4 is 0 Å². The quantitative estimate of drug-likeness (QED) is 0.800. The van der Waals surface area contributed by atoms with E-state index in [1.165, 1.54) is 24.1 Å². The molecular weight excluding hydrogens is 234 g/mol. The van der Waals surface area contributed by atoms with Crippen molar-refractivity contribution in [1.29, 1.82) is 0 Å². The van der Waals surface area contributed by atoms with Gasteiger partial charge < -0.3 is 5.32 Å². The molecule has 19 heavy (non-hydrogen) atoms. The van der Waals surface area contributed by atoms with Crippen molar-refractivity contribution in [3.63, 3.8) is 0 Å². The first-order chi connectivity index (χ1) is 9.24. The van der Waals surface area contributed by atoms with E-state index in [0.717, 1.165) is 44.1 Å². The van der Waals surface area contributed by atoms with Crippen molar-refractivity contribution in [3.8, 4) is 0 Å². The van der Waals surface area contributed by atoms with Gasteiger partial charge in [0.15, 0.2) is 0 Å². The molecule has 3 nitrogen and oxygen atoms in total. The molecule has 0 amide bonds. The van der Waals surface area contributed by atoms with Crippen LogP contribution in [-0.2, 0) is 12.8 Å².